The van der Waals surface area contributed by atoms with E-state index in [2.05, 4.69) is 51.1 Å². The van der Waals surface area contributed by atoms with Crippen LogP contribution in [0.25, 0.3) is 0 Å². The molecule has 1 aliphatic heterocycles. The highest BCUT2D eigenvalue weighted by atomic mass is 16.6. The fourth-order valence-corrected chi connectivity index (χ4v) is 3.43. The Bertz CT molecular complexity index is 863. The molecular weight excluding hydrogens is 360 g/mol. The molecule has 8 heteroatoms. The van der Waals surface area contributed by atoms with Gasteiger partial charge in [-0.15, -0.1) is 0 Å². The molecule has 1 fully saturated rings. The van der Waals surface area contributed by atoms with E-state index in [1.807, 2.05) is 0 Å². The number of anilines is 1. The second-order valence-corrected chi connectivity index (χ2v) is 7.02. The summed E-state index contributed by atoms with van der Waals surface area (Å²) in [6.45, 7) is 4.80. The second kappa shape index (κ2) is 8.79. The molecule has 0 spiro atoms. The lowest BCUT2D eigenvalue weighted by Gasteiger charge is -2.32. The number of carbonyl (C=O) groups is 1. The molecule has 1 N–H and O–H groups in total. The van der Waals surface area contributed by atoms with Gasteiger partial charge in [-0.1, -0.05) is 29.8 Å². The summed E-state index contributed by atoms with van der Waals surface area (Å²) in [6, 6.07) is 9.79. The van der Waals surface area contributed by atoms with Crippen molar-refractivity contribution in [1.29, 1.82) is 0 Å². The molecule has 8 nitrogen and oxygen atoms in total. The van der Waals surface area contributed by atoms with E-state index in [4.69, 9.17) is 0 Å². The Labute approximate surface area is 163 Å². The van der Waals surface area contributed by atoms with Gasteiger partial charge in [0.1, 0.15) is 0 Å². The largest absolute Gasteiger partial charge is 0.465 e. The van der Waals surface area contributed by atoms with Crippen molar-refractivity contribution >= 4 is 17.5 Å². The average Bonchev–Trinajstić information content (AvgIpc) is 2.69. The Kier molecular flexibility index (Phi) is 6.20. The zero-order chi connectivity index (χ0) is 20.1. The molecule has 0 unspecified atom stereocenters. The van der Waals surface area contributed by atoms with Crippen molar-refractivity contribution in [2.45, 2.75) is 32.4 Å². The van der Waals surface area contributed by atoms with Crippen molar-refractivity contribution in [2.75, 3.05) is 25.5 Å². The number of esters is 1. The minimum Gasteiger partial charge on any atom is -0.465 e. The van der Waals surface area contributed by atoms with Crippen LogP contribution in [-0.4, -0.2) is 47.0 Å². The number of methoxy groups -OCH3 is 1. The summed E-state index contributed by atoms with van der Waals surface area (Å²) >= 11 is 0. The number of rotatable bonds is 6. The topological polar surface area (TPSA) is 97.6 Å². The molecule has 0 aliphatic carbocycles. The molecular formula is C20H24N4O4. The third kappa shape index (κ3) is 4.83. The number of pyridine rings is 1. The van der Waals surface area contributed by atoms with Crippen LogP contribution in [0, 0.1) is 17.0 Å². The van der Waals surface area contributed by atoms with Gasteiger partial charge in [0, 0.05) is 37.9 Å². The maximum Gasteiger partial charge on any atom is 0.339 e. The normalized spacial score (nSPS) is 15.2. The van der Waals surface area contributed by atoms with Crippen LogP contribution < -0.4 is 5.32 Å². The lowest BCUT2D eigenvalue weighted by Crippen LogP contribution is -2.38. The van der Waals surface area contributed by atoms with Gasteiger partial charge in [-0.05, 0) is 25.3 Å². The van der Waals surface area contributed by atoms with Gasteiger partial charge >= 0.3 is 11.7 Å². The number of nitrogens with zero attached hydrogens (tertiary/aromatic N) is 3. The number of nitrogens with one attached hydrogen (secondary N) is 1. The van der Waals surface area contributed by atoms with E-state index in [-0.39, 0.29) is 23.1 Å². The summed E-state index contributed by atoms with van der Waals surface area (Å²) < 4.78 is 4.60. The summed E-state index contributed by atoms with van der Waals surface area (Å²) in [5.74, 6) is -0.457. The maximum atomic E-state index is 11.6. The number of benzene rings is 1. The SMILES string of the molecule is COC(=O)c1cnc(NC2CCN(Cc3cccc(C)c3)CC2)c([N+](=O)[O-])c1. The molecule has 1 saturated heterocycles. The molecule has 0 radical (unpaired) electrons. The fourth-order valence-electron chi connectivity index (χ4n) is 3.43. The molecule has 2 aromatic rings. The van der Waals surface area contributed by atoms with Gasteiger partial charge in [-0.3, -0.25) is 15.0 Å². The molecule has 0 bridgehead atoms. The molecule has 0 atom stereocenters. The Morgan fingerprint density at radius 3 is 2.75 bits per heavy atom. The van der Waals surface area contributed by atoms with Crippen LogP contribution >= 0.6 is 0 Å². The molecule has 1 aromatic heterocycles. The lowest BCUT2D eigenvalue weighted by atomic mass is 10.0. The number of hydrogen-bond donors (Lipinski definition) is 1. The molecule has 148 valence electrons. The van der Waals surface area contributed by atoms with E-state index in [1.54, 1.807) is 0 Å². The first kappa shape index (κ1) is 19.8. The first-order valence-corrected chi connectivity index (χ1v) is 9.23. The van der Waals surface area contributed by atoms with E-state index in [9.17, 15) is 14.9 Å². The van der Waals surface area contributed by atoms with Crippen LogP contribution in [0.5, 0.6) is 0 Å². The third-order valence-corrected chi connectivity index (χ3v) is 4.90. The molecule has 3 rings (SSSR count). The number of ether oxygens (including phenoxy) is 1. The summed E-state index contributed by atoms with van der Waals surface area (Å²) in [6.07, 6.45) is 3.03. The molecule has 2 heterocycles. The predicted molar refractivity (Wildman–Crippen MR) is 105 cm³/mol. The van der Waals surface area contributed by atoms with Gasteiger partial charge in [0.2, 0.25) is 5.82 Å². The maximum absolute atomic E-state index is 11.6. The smallest absolute Gasteiger partial charge is 0.339 e. The monoisotopic (exact) mass is 384 g/mol. The number of hydrogen-bond acceptors (Lipinski definition) is 7. The fraction of sp³-hybridized carbons (Fsp3) is 0.400. The van der Waals surface area contributed by atoms with Crippen LogP contribution in [0.2, 0.25) is 0 Å². The van der Waals surface area contributed by atoms with Crippen LogP contribution in [0.15, 0.2) is 36.5 Å². The summed E-state index contributed by atoms with van der Waals surface area (Å²) in [5, 5.41) is 14.6. The molecule has 1 aliphatic rings. The average molecular weight is 384 g/mol. The van der Waals surface area contributed by atoms with Crippen molar-refractivity contribution in [3.63, 3.8) is 0 Å². The Balaban J connectivity index is 1.61. The van der Waals surface area contributed by atoms with Crippen LogP contribution in [0.1, 0.15) is 34.3 Å². The van der Waals surface area contributed by atoms with E-state index in [1.165, 1.54) is 30.5 Å². The van der Waals surface area contributed by atoms with Gasteiger partial charge < -0.3 is 10.1 Å². The van der Waals surface area contributed by atoms with E-state index < -0.39 is 10.9 Å². The highest BCUT2D eigenvalue weighted by Crippen LogP contribution is 2.26. The highest BCUT2D eigenvalue weighted by Gasteiger charge is 2.24. The minimum atomic E-state index is -0.647. The Morgan fingerprint density at radius 2 is 2.11 bits per heavy atom. The summed E-state index contributed by atoms with van der Waals surface area (Å²) in [4.78, 5) is 28.9. The van der Waals surface area contributed by atoms with Gasteiger partial charge in [0.15, 0.2) is 0 Å². The number of nitro groups is 1. The number of carbonyl (C=O) groups excluding carboxylic acids is 1. The van der Waals surface area contributed by atoms with Crippen LogP contribution in [-0.2, 0) is 11.3 Å². The van der Waals surface area contributed by atoms with Gasteiger partial charge in [0.25, 0.3) is 0 Å². The first-order chi connectivity index (χ1) is 13.5. The number of piperidine rings is 1. The number of likely N-dealkylation sites (tertiary alicyclic amines) is 1. The van der Waals surface area contributed by atoms with Crippen molar-refractivity contribution in [2.24, 2.45) is 0 Å². The van der Waals surface area contributed by atoms with Gasteiger partial charge in [-0.2, -0.15) is 0 Å². The number of aryl methyl sites for hydroxylation is 1. The summed E-state index contributed by atoms with van der Waals surface area (Å²) in [5.41, 5.74) is 2.39. The quantitative estimate of drug-likeness (QED) is 0.464. The van der Waals surface area contributed by atoms with Crippen molar-refractivity contribution in [1.82, 2.24) is 9.88 Å². The zero-order valence-corrected chi connectivity index (χ0v) is 16.1. The van der Waals surface area contributed by atoms with E-state index in [0.29, 0.717) is 0 Å². The van der Waals surface area contributed by atoms with Gasteiger partial charge in [-0.25, -0.2) is 9.78 Å². The van der Waals surface area contributed by atoms with Crippen LogP contribution in [0.3, 0.4) is 0 Å². The molecule has 0 amide bonds. The Morgan fingerprint density at radius 1 is 1.36 bits per heavy atom. The number of aromatic nitrogens is 1. The second-order valence-electron chi connectivity index (χ2n) is 7.02. The highest BCUT2D eigenvalue weighted by molar-refractivity contribution is 5.90. The summed E-state index contributed by atoms with van der Waals surface area (Å²) in [7, 11) is 1.23. The zero-order valence-electron chi connectivity index (χ0n) is 16.1. The molecule has 1 aromatic carbocycles. The van der Waals surface area contributed by atoms with Crippen molar-refractivity contribution in [3.05, 3.63) is 63.3 Å². The van der Waals surface area contributed by atoms with Crippen molar-refractivity contribution in [3.8, 4) is 0 Å². The van der Waals surface area contributed by atoms with Crippen LogP contribution in [0.4, 0.5) is 11.5 Å². The van der Waals surface area contributed by atoms with Crippen molar-refractivity contribution < 1.29 is 14.5 Å². The Hall–Kier alpha value is -3.00. The predicted octanol–water partition coefficient (Wildman–Crippen LogP) is 3.16. The molecule has 28 heavy (non-hydrogen) atoms. The van der Waals surface area contributed by atoms with E-state index >= 15 is 0 Å². The first-order valence-electron chi connectivity index (χ1n) is 9.23. The third-order valence-electron chi connectivity index (χ3n) is 4.90. The van der Waals surface area contributed by atoms with Gasteiger partial charge in [0.05, 0.1) is 17.6 Å². The lowest BCUT2D eigenvalue weighted by molar-refractivity contribution is -0.384. The molecule has 0 saturated carbocycles. The minimum absolute atomic E-state index is 0.0627. The standard InChI is InChI=1S/C20H24N4O4/c1-14-4-3-5-15(10-14)13-23-8-6-17(7-9-23)22-19-18(24(26)27)11-16(12-21-19)20(25)28-2/h3-5,10-12,17H,6-9,13H2,1-2H3,(H,21,22). The van der Waals surface area contributed by atoms with E-state index in [0.717, 1.165) is 32.5 Å².